The van der Waals surface area contributed by atoms with Crippen LogP contribution in [-0.4, -0.2) is 23.9 Å². The zero-order valence-corrected chi connectivity index (χ0v) is 9.51. The molecule has 6 nitrogen and oxygen atoms in total. The van der Waals surface area contributed by atoms with Crippen molar-refractivity contribution in [3.05, 3.63) is 34.1 Å². The fraction of sp³-hybridized carbons (Fsp3) is 0.364. The summed E-state index contributed by atoms with van der Waals surface area (Å²) in [6, 6.07) is 3.43. The Hall–Kier alpha value is -2.02. The molecule has 2 rings (SSSR count). The monoisotopic (exact) mass is 253 g/mol. The quantitative estimate of drug-likeness (QED) is 0.644. The van der Waals surface area contributed by atoms with Gasteiger partial charge < -0.3 is 10.6 Å². The lowest BCUT2D eigenvalue weighted by Gasteiger charge is -2.16. The highest BCUT2D eigenvalue weighted by atomic mass is 19.1. The average molecular weight is 253 g/mol. The Morgan fingerprint density at radius 3 is 2.83 bits per heavy atom. The third-order valence-corrected chi connectivity index (χ3v) is 2.98. The number of rotatable bonds is 3. The summed E-state index contributed by atoms with van der Waals surface area (Å²) < 4.78 is 13.2. The SMILES string of the molecule is NCC1CC(=O)N(c2ccc(F)c([N+](=O)[O-])c2)C1. The van der Waals surface area contributed by atoms with Crippen LogP contribution in [0.2, 0.25) is 0 Å². The van der Waals surface area contributed by atoms with E-state index in [4.69, 9.17) is 5.73 Å². The normalized spacial score (nSPS) is 19.3. The zero-order chi connectivity index (χ0) is 13.3. The molecule has 2 N–H and O–H groups in total. The molecule has 1 heterocycles. The van der Waals surface area contributed by atoms with Gasteiger partial charge in [0.25, 0.3) is 0 Å². The second kappa shape index (κ2) is 4.69. The molecule has 1 aromatic rings. The molecular weight excluding hydrogens is 241 g/mol. The Bertz CT molecular complexity index is 506. The van der Waals surface area contributed by atoms with E-state index in [1.54, 1.807) is 0 Å². The van der Waals surface area contributed by atoms with Crippen molar-refractivity contribution in [3.8, 4) is 0 Å². The van der Waals surface area contributed by atoms with Crippen molar-refractivity contribution in [1.82, 2.24) is 0 Å². The van der Waals surface area contributed by atoms with Crippen LogP contribution in [0.4, 0.5) is 15.8 Å². The molecule has 18 heavy (non-hydrogen) atoms. The van der Waals surface area contributed by atoms with E-state index in [1.165, 1.54) is 11.0 Å². The van der Waals surface area contributed by atoms with E-state index in [0.29, 0.717) is 25.2 Å². The summed E-state index contributed by atoms with van der Waals surface area (Å²) in [4.78, 5) is 23.0. The van der Waals surface area contributed by atoms with Gasteiger partial charge in [0.2, 0.25) is 11.7 Å². The van der Waals surface area contributed by atoms with Crippen molar-refractivity contribution in [3.63, 3.8) is 0 Å². The Labute approximate surface area is 102 Å². The van der Waals surface area contributed by atoms with Crippen LogP contribution < -0.4 is 10.6 Å². The summed E-state index contributed by atoms with van der Waals surface area (Å²) in [5, 5.41) is 10.6. The minimum absolute atomic E-state index is 0.0432. The van der Waals surface area contributed by atoms with Crippen molar-refractivity contribution in [1.29, 1.82) is 0 Å². The molecule has 1 fully saturated rings. The van der Waals surface area contributed by atoms with E-state index in [0.717, 1.165) is 12.1 Å². The molecule has 0 aromatic heterocycles. The predicted octanol–water partition coefficient (Wildman–Crippen LogP) is 1.05. The molecule has 0 bridgehead atoms. The number of nitrogens with zero attached hydrogens (tertiary/aromatic N) is 2. The van der Waals surface area contributed by atoms with Crippen LogP contribution in [0.25, 0.3) is 0 Å². The van der Waals surface area contributed by atoms with Crippen LogP contribution in [0.15, 0.2) is 18.2 Å². The molecule has 0 radical (unpaired) electrons. The van der Waals surface area contributed by atoms with Crippen molar-refractivity contribution < 1.29 is 14.1 Å². The maximum Gasteiger partial charge on any atom is 0.306 e. The van der Waals surface area contributed by atoms with E-state index in [9.17, 15) is 19.3 Å². The van der Waals surface area contributed by atoms with Gasteiger partial charge in [-0.25, -0.2) is 0 Å². The minimum Gasteiger partial charge on any atom is -0.330 e. The molecule has 1 aliphatic heterocycles. The first-order valence-electron chi connectivity index (χ1n) is 5.47. The van der Waals surface area contributed by atoms with E-state index < -0.39 is 16.4 Å². The van der Waals surface area contributed by atoms with Crippen LogP contribution in [0.5, 0.6) is 0 Å². The van der Waals surface area contributed by atoms with Crippen molar-refractivity contribution in [2.75, 3.05) is 18.0 Å². The number of benzene rings is 1. The fourth-order valence-electron chi connectivity index (χ4n) is 2.00. The van der Waals surface area contributed by atoms with Crippen LogP contribution in [-0.2, 0) is 4.79 Å². The summed E-state index contributed by atoms with van der Waals surface area (Å²) in [5.41, 5.74) is 5.20. The number of carbonyl (C=O) groups excluding carboxylic acids is 1. The molecule has 0 saturated carbocycles. The van der Waals surface area contributed by atoms with E-state index in [2.05, 4.69) is 0 Å². The lowest BCUT2D eigenvalue weighted by atomic mass is 10.1. The molecule has 1 amide bonds. The van der Waals surface area contributed by atoms with Crippen molar-refractivity contribution in [2.24, 2.45) is 11.7 Å². The van der Waals surface area contributed by atoms with Gasteiger partial charge in [0, 0.05) is 19.0 Å². The molecular formula is C11H12FN3O3. The standard InChI is InChI=1S/C11H12FN3O3/c12-9-2-1-8(4-10(9)15(17)18)14-6-7(5-13)3-11(14)16/h1-2,4,7H,3,5-6,13H2. The second-order valence-electron chi connectivity index (χ2n) is 4.20. The first-order chi connectivity index (χ1) is 8.52. The summed E-state index contributed by atoms with van der Waals surface area (Å²) >= 11 is 0. The van der Waals surface area contributed by atoms with Gasteiger partial charge in [0.15, 0.2) is 0 Å². The number of anilines is 1. The molecule has 0 aliphatic carbocycles. The fourth-order valence-corrected chi connectivity index (χ4v) is 2.00. The number of carbonyl (C=O) groups is 1. The first-order valence-corrected chi connectivity index (χ1v) is 5.47. The van der Waals surface area contributed by atoms with Gasteiger partial charge >= 0.3 is 5.69 Å². The Balaban J connectivity index is 2.32. The number of hydrogen-bond donors (Lipinski definition) is 1. The third-order valence-electron chi connectivity index (χ3n) is 2.98. The first kappa shape index (κ1) is 12.4. The largest absolute Gasteiger partial charge is 0.330 e. The van der Waals surface area contributed by atoms with Crippen LogP contribution in [0.3, 0.4) is 0 Å². The highest BCUT2D eigenvalue weighted by Crippen LogP contribution is 2.29. The average Bonchev–Trinajstić information content (AvgIpc) is 2.71. The molecule has 1 atom stereocenters. The highest BCUT2D eigenvalue weighted by Gasteiger charge is 2.30. The van der Waals surface area contributed by atoms with E-state index in [-0.39, 0.29) is 11.8 Å². The minimum atomic E-state index is -0.911. The van der Waals surface area contributed by atoms with Crippen LogP contribution in [0, 0.1) is 21.8 Å². The Kier molecular flexibility index (Phi) is 3.24. The molecule has 7 heteroatoms. The second-order valence-corrected chi connectivity index (χ2v) is 4.20. The summed E-state index contributed by atoms with van der Waals surface area (Å²) in [6.07, 6.45) is 0.321. The summed E-state index contributed by atoms with van der Waals surface area (Å²) in [7, 11) is 0. The number of hydrogen-bond acceptors (Lipinski definition) is 4. The maximum atomic E-state index is 13.2. The molecule has 1 saturated heterocycles. The molecule has 0 spiro atoms. The van der Waals surface area contributed by atoms with Gasteiger partial charge in [-0.15, -0.1) is 0 Å². The van der Waals surface area contributed by atoms with Gasteiger partial charge in [0.05, 0.1) is 10.6 Å². The zero-order valence-electron chi connectivity index (χ0n) is 9.51. The van der Waals surface area contributed by atoms with Gasteiger partial charge in [0.1, 0.15) is 0 Å². The van der Waals surface area contributed by atoms with E-state index >= 15 is 0 Å². The van der Waals surface area contributed by atoms with Gasteiger partial charge in [-0.2, -0.15) is 4.39 Å². The van der Waals surface area contributed by atoms with Crippen LogP contribution >= 0.6 is 0 Å². The number of amides is 1. The smallest absolute Gasteiger partial charge is 0.306 e. The topological polar surface area (TPSA) is 89.5 Å². The highest BCUT2D eigenvalue weighted by molar-refractivity contribution is 5.96. The number of nitrogens with two attached hydrogens (primary N) is 1. The molecule has 1 unspecified atom stereocenters. The van der Waals surface area contributed by atoms with Gasteiger partial charge in [-0.05, 0) is 24.6 Å². The van der Waals surface area contributed by atoms with E-state index in [1.807, 2.05) is 0 Å². The maximum absolute atomic E-state index is 13.2. The molecule has 96 valence electrons. The summed E-state index contributed by atoms with van der Waals surface area (Å²) in [5.74, 6) is -1.02. The molecule has 1 aliphatic rings. The van der Waals surface area contributed by atoms with Gasteiger partial charge in [-0.1, -0.05) is 0 Å². The summed E-state index contributed by atoms with van der Waals surface area (Å²) in [6.45, 7) is 0.795. The lowest BCUT2D eigenvalue weighted by Crippen LogP contribution is -2.25. The number of halogens is 1. The van der Waals surface area contributed by atoms with Crippen molar-refractivity contribution in [2.45, 2.75) is 6.42 Å². The lowest BCUT2D eigenvalue weighted by molar-refractivity contribution is -0.387. The molecule has 1 aromatic carbocycles. The van der Waals surface area contributed by atoms with Gasteiger partial charge in [-0.3, -0.25) is 14.9 Å². The Morgan fingerprint density at radius 2 is 2.28 bits per heavy atom. The third kappa shape index (κ3) is 2.17. The Morgan fingerprint density at radius 1 is 1.56 bits per heavy atom. The van der Waals surface area contributed by atoms with Crippen molar-refractivity contribution >= 4 is 17.3 Å². The number of nitro groups is 1. The predicted molar refractivity (Wildman–Crippen MR) is 62.6 cm³/mol. The van der Waals surface area contributed by atoms with Crippen LogP contribution in [0.1, 0.15) is 6.42 Å². The number of nitro benzene ring substituents is 1.